The van der Waals surface area contributed by atoms with Gasteiger partial charge in [-0.15, -0.1) is 0 Å². The molecule has 3 atom stereocenters. The summed E-state index contributed by atoms with van der Waals surface area (Å²) in [5.41, 5.74) is 6.64. The Bertz CT molecular complexity index is 154. The van der Waals surface area contributed by atoms with Crippen LogP contribution in [0.25, 0.3) is 0 Å². The molecule has 2 heteroatoms. The SMILES string of the molecule is CC(=N)C1C[C@H](N)CCC1C. The Morgan fingerprint density at radius 3 is 2.55 bits per heavy atom. The number of hydrogen-bond donors (Lipinski definition) is 2. The van der Waals surface area contributed by atoms with Gasteiger partial charge < -0.3 is 11.1 Å². The molecule has 64 valence electrons. The number of nitrogens with one attached hydrogen (secondary N) is 1. The molecule has 3 N–H and O–H groups in total. The van der Waals surface area contributed by atoms with E-state index in [0.29, 0.717) is 17.9 Å². The molecule has 1 saturated carbocycles. The van der Waals surface area contributed by atoms with E-state index >= 15 is 0 Å². The van der Waals surface area contributed by atoms with Crippen molar-refractivity contribution in [1.29, 1.82) is 5.41 Å². The van der Waals surface area contributed by atoms with Crippen molar-refractivity contribution in [3.63, 3.8) is 0 Å². The molecule has 11 heavy (non-hydrogen) atoms. The highest BCUT2D eigenvalue weighted by atomic mass is 14.6. The summed E-state index contributed by atoms with van der Waals surface area (Å²) < 4.78 is 0. The molecule has 0 aromatic rings. The van der Waals surface area contributed by atoms with Crippen LogP contribution in [0, 0.1) is 17.2 Å². The summed E-state index contributed by atoms with van der Waals surface area (Å²) in [4.78, 5) is 0. The minimum absolute atomic E-state index is 0.344. The first-order valence-corrected chi connectivity index (χ1v) is 4.42. The van der Waals surface area contributed by atoms with Crippen molar-refractivity contribution in [2.75, 3.05) is 0 Å². The van der Waals surface area contributed by atoms with E-state index in [-0.39, 0.29) is 0 Å². The van der Waals surface area contributed by atoms with Gasteiger partial charge in [-0.1, -0.05) is 6.92 Å². The summed E-state index contributed by atoms with van der Waals surface area (Å²) in [5.74, 6) is 1.13. The highest BCUT2D eigenvalue weighted by Crippen LogP contribution is 2.29. The monoisotopic (exact) mass is 154 g/mol. The van der Waals surface area contributed by atoms with Crippen molar-refractivity contribution in [1.82, 2.24) is 0 Å². The van der Waals surface area contributed by atoms with Crippen LogP contribution in [0.1, 0.15) is 33.1 Å². The fourth-order valence-electron chi connectivity index (χ4n) is 1.96. The summed E-state index contributed by atoms with van der Waals surface area (Å²) in [6.07, 6.45) is 3.36. The summed E-state index contributed by atoms with van der Waals surface area (Å²) in [5, 5.41) is 7.55. The first kappa shape index (κ1) is 8.72. The maximum Gasteiger partial charge on any atom is 0.00923 e. The predicted molar refractivity (Wildman–Crippen MR) is 47.9 cm³/mol. The van der Waals surface area contributed by atoms with Crippen molar-refractivity contribution in [2.24, 2.45) is 17.6 Å². The average molecular weight is 154 g/mol. The second kappa shape index (κ2) is 3.35. The van der Waals surface area contributed by atoms with Gasteiger partial charge in [-0.05, 0) is 32.1 Å². The Morgan fingerprint density at radius 2 is 2.09 bits per heavy atom. The maximum absolute atomic E-state index is 7.55. The van der Waals surface area contributed by atoms with E-state index in [1.807, 2.05) is 6.92 Å². The standard InChI is InChI=1S/C9H18N2/c1-6-3-4-8(11)5-9(6)7(2)10/h6,8-10H,3-5,11H2,1-2H3/t6?,8-,9?/m1/s1. The molecule has 0 amide bonds. The lowest BCUT2D eigenvalue weighted by atomic mass is 9.76. The molecule has 2 nitrogen and oxygen atoms in total. The van der Waals surface area contributed by atoms with Crippen LogP contribution in [0.5, 0.6) is 0 Å². The number of hydrogen-bond acceptors (Lipinski definition) is 2. The van der Waals surface area contributed by atoms with Crippen LogP contribution in [0.2, 0.25) is 0 Å². The van der Waals surface area contributed by atoms with Crippen LogP contribution in [0.15, 0.2) is 0 Å². The molecule has 0 aliphatic heterocycles. The minimum atomic E-state index is 0.344. The Balaban J connectivity index is 2.54. The second-order valence-corrected chi connectivity index (χ2v) is 3.84. The highest BCUT2D eigenvalue weighted by Gasteiger charge is 2.26. The van der Waals surface area contributed by atoms with Crippen molar-refractivity contribution < 1.29 is 0 Å². The first-order valence-electron chi connectivity index (χ1n) is 4.42. The summed E-state index contributed by atoms with van der Waals surface area (Å²) in [7, 11) is 0. The van der Waals surface area contributed by atoms with Crippen LogP contribution in [0.4, 0.5) is 0 Å². The van der Waals surface area contributed by atoms with E-state index in [2.05, 4.69) is 6.92 Å². The summed E-state index contributed by atoms with van der Waals surface area (Å²) >= 11 is 0. The van der Waals surface area contributed by atoms with Gasteiger partial charge >= 0.3 is 0 Å². The van der Waals surface area contributed by atoms with E-state index < -0.39 is 0 Å². The molecule has 0 saturated heterocycles. The van der Waals surface area contributed by atoms with Crippen LogP contribution >= 0.6 is 0 Å². The molecule has 1 rings (SSSR count). The Hall–Kier alpha value is -0.370. The fourth-order valence-corrected chi connectivity index (χ4v) is 1.96. The third kappa shape index (κ3) is 2.03. The number of nitrogens with two attached hydrogens (primary N) is 1. The van der Waals surface area contributed by atoms with Gasteiger partial charge in [0.1, 0.15) is 0 Å². The van der Waals surface area contributed by atoms with E-state index in [1.165, 1.54) is 6.42 Å². The second-order valence-electron chi connectivity index (χ2n) is 3.84. The topological polar surface area (TPSA) is 49.9 Å². The molecule has 1 aliphatic carbocycles. The fraction of sp³-hybridized carbons (Fsp3) is 0.889. The Labute approximate surface area is 68.7 Å². The lowest BCUT2D eigenvalue weighted by Gasteiger charge is -2.31. The maximum atomic E-state index is 7.55. The van der Waals surface area contributed by atoms with Crippen molar-refractivity contribution in [2.45, 2.75) is 39.2 Å². The molecule has 1 fully saturated rings. The van der Waals surface area contributed by atoms with Crippen molar-refractivity contribution >= 4 is 5.71 Å². The van der Waals surface area contributed by atoms with Gasteiger partial charge in [-0.3, -0.25) is 0 Å². The molecule has 1 aliphatic rings. The van der Waals surface area contributed by atoms with E-state index in [9.17, 15) is 0 Å². The van der Waals surface area contributed by atoms with Crippen LogP contribution in [-0.2, 0) is 0 Å². The molecular weight excluding hydrogens is 136 g/mol. The van der Waals surface area contributed by atoms with Gasteiger partial charge in [-0.25, -0.2) is 0 Å². The molecule has 0 heterocycles. The lowest BCUT2D eigenvalue weighted by molar-refractivity contribution is 0.292. The predicted octanol–water partition coefficient (Wildman–Crippen LogP) is 1.79. The molecule has 2 unspecified atom stereocenters. The van der Waals surface area contributed by atoms with E-state index in [0.717, 1.165) is 18.6 Å². The van der Waals surface area contributed by atoms with Crippen LogP contribution < -0.4 is 5.73 Å². The Morgan fingerprint density at radius 1 is 1.45 bits per heavy atom. The third-order valence-electron chi connectivity index (χ3n) is 2.79. The number of rotatable bonds is 1. The zero-order chi connectivity index (χ0) is 8.43. The zero-order valence-electron chi connectivity index (χ0n) is 7.43. The van der Waals surface area contributed by atoms with E-state index in [4.69, 9.17) is 11.1 Å². The van der Waals surface area contributed by atoms with Gasteiger partial charge in [0, 0.05) is 17.7 Å². The summed E-state index contributed by atoms with van der Waals surface area (Å²) in [6, 6.07) is 0.344. The van der Waals surface area contributed by atoms with Crippen LogP contribution in [-0.4, -0.2) is 11.8 Å². The quantitative estimate of drug-likeness (QED) is 0.556. The van der Waals surface area contributed by atoms with Gasteiger partial charge in [-0.2, -0.15) is 0 Å². The molecule has 0 aromatic heterocycles. The average Bonchev–Trinajstić information content (AvgIpc) is 1.94. The highest BCUT2D eigenvalue weighted by molar-refractivity contribution is 5.81. The zero-order valence-corrected chi connectivity index (χ0v) is 7.43. The molecule has 0 spiro atoms. The Kier molecular flexibility index (Phi) is 2.66. The van der Waals surface area contributed by atoms with E-state index in [1.54, 1.807) is 0 Å². The van der Waals surface area contributed by atoms with Gasteiger partial charge in [0.05, 0.1) is 0 Å². The summed E-state index contributed by atoms with van der Waals surface area (Å²) in [6.45, 7) is 4.13. The third-order valence-corrected chi connectivity index (χ3v) is 2.79. The van der Waals surface area contributed by atoms with Gasteiger partial charge in [0.15, 0.2) is 0 Å². The molecule has 0 radical (unpaired) electrons. The van der Waals surface area contributed by atoms with Crippen molar-refractivity contribution in [3.8, 4) is 0 Å². The van der Waals surface area contributed by atoms with Crippen LogP contribution in [0.3, 0.4) is 0 Å². The first-order chi connectivity index (χ1) is 5.11. The smallest absolute Gasteiger partial charge is 0.00923 e. The normalized spacial score (nSPS) is 38.6. The van der Waals surface area contributed by atoms with Gasteiger partial charge in [0.2, 0.25) is 0 Å². The van der Waals surface area contributed by atoms with Crippen molar-refractivity contribution in [3.05, 3.63) is 0 Å². The lowest BCUT2D eigenvalue weighted by Crippen LogP contribution is -2.35. The molecule has 0 aromatic carbocycles. The van der Waals surface area contributed by atoms with Gasteiger partial charge in [0.25, 0.3) is 0 Å². The molecule has 0 bridgehead atoms. The minimum Gasteiger partial charge on any atom is -0.328 e. The largest absolute Gasteiger partial charge is 0.328 e. The molecular formula is C9H18N2.